The van der Waals surface area contributed by atoms with E-state index >= 15 is 0 Å². The van der Waals surface area contributed by atoms with Crippen molar-refractivity contribution in [3.63, 3.8) is 0 Å². The van der Waals surface area contributed by atoms with E-state index in [2.05, 4.69) is 12.2 Å². The van der Waals surface area contributed by atoms with E-state index in [0.29, 0.717) is 0 Å². The van der Waals surface area contributed by atoms with Gasteiger partial charge in [0, 0.05) is 0 Å². The van der Waals surface area contributed by atoms with Crippen molar-refractivity contribution in [1.29, 1.82) is 0 Å². The van der Waals surface area contributed by atoms with E-state index in [0.717, 1.165) is 17.8 Å². The lowest BCUT2D eigenvalue weighted by Crippen LogP contribution is -2.23. The van der Waals surface area contributed by atoms with Gasteiger partial charge in [0.1, 0.15) is 0 Å². The second-order valence-electron chi connectivity index (χ2n) is 4.78. The predicted molar refractivity (Wildman–Crippen MR) is 52.1 cm³/mol. The third-order valence-electron chi connectivity index (χ3n) is 3.59. The highest BCUT2D eigenvalue weighted by molar-refractivity contribution is 4.84. The molecule has 2 aliphatic rings. The summed E-state index contributed by atoms with van der Waals surface area (Å²) < 4.78 is 0. The van der Waals surface area contributed by atoms with Crippen molar-refractivity contribution >= 4 is 0 Å². The molecule has 12 heavy (non-hydrogen) atoms. The smallest absolute Gasteiger partial charge is 0.00177 e. The first kappa shape index (κ1) is 8.55. The zero-order chi connectivity index (χ0) is 8.39. The first-order chi connectivity index (χ1) is 5.86. The molecule has 2 unspecified atom stereocenters. The molecule has 2 saturated carbocycles. The summed E-state index contributed by atoms with van der Waals surface area (Å²) in [4.78, 5) is 0. The summed E-state index contributed by atoms with van der Waals surface area (Å²) in [7, 11) is 0. The molecule has 0 aromatic rings. The fourth-order valence-electron chi connectivity index (χ4n) is 2.37. The molecule has 0 aromatic carbocycles. The molecule has 0 aliphatic heterocycles. The van der Waals surface area contributed by atoms with E-state index < -0.39 is 0 Å². The predicted octanol–water partition coefficient (Wildman–Crippen LogP) is 2.42. The molecule has 0 aromatic heterocycles. The van der Waals surface area contributed by atoms with Crippen LogP contribution >= 0.6 is 0 Å². The van der Waals surface area contributed by atoms with Gasteiger partial charge >= 0.3 is 0 Å². The minimum atomic E-state index is 1.01. The van der Waals surface area contributed by atoms with Gasteiger partial charge in [0.15, 0.2) is 0 Å². The largest absolute Gasteiger partial charge is 0.316 e. The van der Waals surface area contributed by atoms with Crippen molar-refractivity contribution in [3.05, 3.63) is 0 Å². The summed E-state index contributed by atoms with van der Waals surface area (Å²) in [6, 6.07) is 0. The summed E-state index contributed by atoms with van der Waals surface area (Å²) in [6.45, 7) is 4.95. The van der Waals surface area contributed by atoms with Crippen molar-refractivity contribution in [2.45, 2.75) is 39.0 Å². The lowest BCUT2D eigenvalue weighted by molar-refractivity contribution is 0.476. The van der Waals surface area contributed by atoms with Crippen LogP contribution in [0.1, 0.15) is 39.0 Å². The van der Waals surface area contributed by atoms with Crippen molar-refractivity contribution in [1.82, 2.24) is 5.32 Å². The van der Waals surface area contributed by atoms with Gasteiger partial charge in [0.2, 0.25) is 0 Å². The molecule has 0 bridgehead atoms. The number of hydrogen-bond acceptors (Lipinski definition) is 1. The second kappa shape index (κ2) is 3.78. The highest BCUT2D eigenvalue weighted by Gasteiger charge is 2.31. The molecule has 1 nitrogen and oxygen atoms in total. The molecule has 0 saturated heterocycles. The maximum Gasteiger partial charge on any atom is -0.00177 e. The van der Waals surface area contributed by atoms with Crippen molar-refractivity contribution < 1.29 is 0 Å². The zero-order valence-electron chi connectivity index (χ0n) is 8.18. The van der Waals surface area contributed by atoms with Crippen LogP contribution in [0.15, 0.2) is 0 Å². The van der Waals surface area contributed by atoms with Gasteiger partial charge in [0.05, 0.1) is 0 Å². The van der Waals surface area contributed by atoms with E-state index in [-0.39, 0.29) is 0 Å². The molecule has 0 heterocycles. The van der Waals surface area contributed by atoms with Gasteiger partial charge in [0.25, 0.3) is 0 Å². The van der Waals surface area contributed by atoms with Crippen molar-refractivity contribution in [2.24, 2.45) is 17.8 Å². The third-order valence-corrected chi connectivity index (χ3v) is 3.59. The molecule has 0 spiro atoms. The normalized spacial score (nSPS) is 35.8. The molecule has 2 rings (SSSR count). The SMILES string of the molecule is CC1CC1CNCC1CCCC1. The summed E-state index contributed by atoms with van der Waals surface area (Å²) in [5.41, 5.74) is 0. The Morgan fingerprint density at radius 2 is 1.83 bits per heavy atom. The molecule has 1 N–H and O–H groups in total. The van der Waals surface area contributed by atoms with Crippen LogP contribution in [0.2, 0.25) is 0 Å². The van der Waals surface area contributed by atoms with Gasteiger partial charge in [-0.25, -0.2) is 0 Å². The average Bonchev–Trinajstić information content (AvgIpc) is 2.58. The molecule has 0 radical (unpaired) electrons. The molecule has 0 amide bonds. The Labute approximate surface area is 75.9 Å². The van der Waals surface area contributed by atoms with E-state index in [1.54, 1.807) is 0 Å². The molecule has 2 aliphatic carbocycles. The van der Waals surface area contributed by atoms with Gasteiger partial charge in [-0.1, -0.05) is 19.8 Å². The van der Waals surface area contributed by atoms with Crippen LogP contribution in [-0.4, -0.2) is 13.1 Å². The number of hydrogen-bond donors (Lipinski definition) is 1. The van der Waals surface area contributed by atoms with Gasteiger partial charge in [-0.15, -0.1) is 0 Å². The summed E-state index contributed by atoms with van der Waals surface area (Å²) >= 11 is 0. The third kappa shape index (κ3) is 2.22. The van der Waals surface area contributed by atoms with Gasteiger partial charge < -0.3 is 5.32 Å². The van der Waals surface area contributed by atoms with Gasteiger partial charge in [-0.3, -0.25) is 0 Å². The van der Waals surface area contributed by atoms with Gasteiger partial charge in [-0.05, 0) is 50.1 Å². The fourth-order valence-corrected chi connectivity index (χ4v) is 2.37. The van der Waals surface area contributed by atoms with E-state index in [9.17, 15) is 0 Å². The minimum Gasteiger partial charge on any atom is -0.316 e. The maximum absolute atomic E-state index is 3.62. The van der Waals surface area contributed by atoms with Crippen LogP contribution < -0.4 is 5.32 Å². The zero-order valence-corrected chi connectivity index (χ0v) is 8.18. The van der Waals surface area contributed by atoms with E-state index in [1.807, 2.05) is 0 Å². The Morgan fingerprint density at radius 1 is 1.17 bits per heavy atom. The molecular weight excluding hydrogens is 146 g/mol. The molecule has 1 heteroatoms. The topological polar surface area (TPSA) is 12.0 Å². The van der Waals surface area contributed by atoms with E-state index in [1.165, 1.54) is 45.2 Å². The van der Waals surface area contributed by atoms with Crippen molar-refractivity contribution in [3.8, 4) is 0 Å². The van der Waals surface area contributed by atoms with Crippen LogP contribution in [0.5, 0.6) is 0 Å². The molecular formula is C11H21N. The highest BCUT2D eigenvalue weighted by Crippen LogP contribution is 2.36. The molecule has 70 valence electrons. The quantitative estimate of drug-likeness (QED) is 0.678. The fraction of sp³-hybridized carbons (Fsp3) is 1.00. The highest BCUT2D eigenvalue weighted by atomic mass is 14.9. The van der Waals surface area contributed by atoms with Crippen LogP contribution in [0.4, 0.5) is 0 Å². The summed E-state index contributed by atoms with van der Waals surface area (Å²) in [5, 5.41) is 3.62. The van der Waals surface area contributed by atoms with Crippen LogP contribution in [0.3, 0.4) is 0 Å². The lowest BCUT2D eigenvalue weighted by Gasteiger charge is -2.09. The monoisotopic (exact) mass is 167 g/mol. The standard InChI is InChI=1S/C11H21N/c1-9-6-11(9)8-12-7-10-4-2-3-5-10/h9-12H,2-8H2,1H3. The van der Waals surface area contributed by atoms with Crippen molar-refractivity contribution in [2.75, 3.05) is 13.1 Å². The Morgan fingerprint density at radius 3 is 2.42 bits per heavy atom. The molecule has 2 fully saturated rings. The summed E-state index contributed by atoms with van der Waals surface area (Å²) in [5.74, 6) is 3.05. The maximum atomic E-state index is 3.62. The van der Waals surface area contributed by atoms with Crippen LogP contribution in [0.25, 0.3) is 0 Å². The Balaban J connectivity index is 1.51. The van der Waals surface area contributed by atoms with Crippen LogP contribution in [0, 0.1) is 17.8 Å². The first-order valence-electron chi connectivity index (χ1n) is 5.57. The second-order valence-corrected chi connectivity index (χ2v) is 4.78. The summed E-state index contributed by atoms with van der Waals surface area (Å²) in [6.07, 6.45) is 7.39. The Kier molecular flexibility index (Phi) is 2.69. The Bertz CT molecular complexity index is 138. The first-order valence-corrected chi connectivity index (χ1v) is 5.57. The minimum absolute atomic E-state index is 1.01. The Hall–Kier alpha value is -0.0400. The number of rotatable bonds is 4. The lowest BCUT2D eigenvalue weighted by atomic mass is 10.1. The number of nitrogens with one attached hydrogen (secondary N) is 1. The van der Waals surface area contributed by atoms with E-state index in [4.69, 9.17) is 0 Å². The average molecular weight is 167 g/mol. The van der Waals surface area contributed by atoms with Gasteiger partial charge in [-0.2, -0.15) is 0 Å². The molecule has 2 atom stereocenters. The van der Waals surface area contributed by atoms with Crippen LogP contribution in [-0.2, 0) is 0 Å².